The Balaban J connectivity index is 2.28. The lowest BCUT2D eigenvalue weighted by molar-refractivity contribution is 0.102. The molecule has 2 rings (SSSR count). The first-order valence-corrected chi connectivity index (χ1v) is 6.12. The van der Waals surface area contributed by atoms with Gasteiger partial charge in [-0.15, -0.1) is 0 Å². The molecule has 0 atom stereocenters. The number of para-hydroxylation sites is 1. The third-order valence-electron chi connectivity index (χ3n) is 2.52. The van der Waals surface area contributed by atoms with Gasteiger partial charge in [0.15, 0.2) is 0 Å². The zero-order valence-corrected chi connectivity index (χ0v) is 11.4. The van der Waals surface area contributed by atoms with Gasteiger partial charge in [-0.3, -0.25) is 4.79 Å². The Bertz CT molecular complexity index is 626. The van der Waals surface area contributed by atoms with E-state index in [0.717, 1.165) is 0 Å². The SMILES string of the molecule is Cc1cccc(F)c1NC(=O)c1cnc(Cl)c(Cl)c1. The lowest BCUT2D eigenvalue weighted by atomic mass is 10.2. The van der Waals surface area contributed by atoms with E-state index in [2.05, 4.69) is 10.3 Å². The van der Waals surface area contributed by atoms with Gasteiger partial charge < -0.3 is 5.32 Å². The van der Waals surface area contributed by atoms with E-state index >= 15 is 0 Å². The van der Waals surface area contributed by atoms with Gasteiger partial charge >= 0.3 is 0 Å². The van der Waals surface area contributed by atoms with Crippen molar-refractivity contribution in [2.45, 2.75) is 6.92 Å². The summed E-state index contributed by atoms with van der Waals surface area (Å²) in [6.07, 6.45) is 1.28. The molecule has 1 N–H and O–H groups in total. The third-order valence-corrected chi connectivity index (χ3v) is 3.20. The maximum absolute atomic E-state index is 13.6. The van der Waals surface area contributed by atoms with E-state index in [1.807, 2.05) is 0 Å². The molecule has 1 amide bonds. The van der Waals surface area contributed by atoms with E-state index in [1.54, 1.807) is 19.1 Å². The summed E-state index contributed by atoms with van der Waals surface area (Å²) < 4.78 is 13.6. The van der Waals surface area contributed by atoms with E-state index < -0.39 is 11.7 Å². The minimum atomic E-state index is -0.501. The lowest BCUT2D eigenvalue weighted by Gasteiger charge is -2.09. The number of hydrogen-bond acceptors (Lipinski definition) is 2. The van der Waals surface area contributed by atoms with Crippen molar-refractivity contribution in [3.05, 3.63) is 57.6 Å². The van der Waals surface area contributed by atoms with Gasteiger partial charge in [0.25, 0.3) is 5.91 Å². The molecule has 0 bridgehead atoms. The highest BCUT2D eigenvalue weighted by Crippen LogP contribution is 2.22. The minimum Gasteiger partial charge on any atom is -0.319 e. The van der Waals surface area contributed by atoms with Gasteiger partial charge in [0, 0.05) is 6.20 Å². The average molecular weight is 299 g/mol. The number of aryl methyl sites for hydroxylation is 1. The fourth-order valence-electron chi connectivity index (χ4n) is 1.52. The molecule has 0 saturated carbocycles. The summed E-state index contributed by atoms with van der Waals surface area (Å²) in [4.78, 5) is 15.7. The number of carbonyl (C=O) groups excluding carboxylic acids is 1. The molecule has 1 aromatic heterocycles. The van der Waals surface area contributed by atoms with Gasteiger partial charge in [0.1, 0.15) is 11.0 Å². The molecule has 98 valence electrons. The molecule has 0 saturated heterocycles. The van der Waals surface area contributed by atoms with Crippen LogP contribution in [0.4, 0.5) is 10.1 Å². The van der Waals surface area contributed by atoms with E-state index in [-0.39, 0.29) is 21.4 Å². The maximum Gasteiger partial charge on any atom is 0.257 e. The number of pyridine rings is 1. The van der Waals surface area contributed by atoms with E-state index in [4.69, 9.17) is 23.2 Å². The molecule has 0 radical (unpaired) electrons. The number of carbonyl (C=O) groups is 1. The van der Waals surface area contributed by atoms with Gasteiger partial charge in [-0.25, -0.2) is 9.37 Å². The number of rotatable bonds is 2. The molecule has 0 spiro atoms. The summed E-state index contributed by atoms with van der Waals surface area (Å²) in [5, 5.41) is 2.76. The molecular weight excluding hydrogens is 290 g/mol. The quantitative estimate of drug-likeness (QED) is 0.849. The molecule has 6 heteroatoms. The Labute approximate surface area is 119 Å². The second-order valence-corrected chi connectivity index (χ2v) is 4.65. The summed E-state index contributed by atoms with van der Waals surface area (Å²) in [7, 11) is 0. The first-order chi connectivity index (χ1) is 8.99. The monoisotopic (exact) mass is 298 g/mol. The zero-order valence-electron chi connectivity index (χ0n) is 9.88. The van der Waals surface area contributed by atoms with Crippen LogP contribution < -0.4 is 5.32 Å². The Kier molecular flexibility index (Phi) is 4.02. The number of anilines is 1. The van der Waals surface area contributed by atoms with E-state index in [9.17, 15) is 9.18 Å². The molecule has 2 aromatic rings. The minimum absolute atomic E-state index is 0.111. The van der Waals surface area contributed by atoms with Crippen LogP contribution in [0.15, 0.2) is 30.5 Å². The highest BCUT2D eigenvalue weighted by Gasteiger charge is 2.13. The predicted octanol–water partition coefficient (Wildman–Crippen LogP) is 4.09. The van der Waals surface area contributed by atoms with Crippen molar-refractivity contribution in [2.75, 3.05) is 5.32 Å². The molecule has 1 aromatic carbocycles. The largest absolute Gasteiger partial charge is 0.319 e. The molecular formula is C13H9Cl2FN2O. The molecule has 19 heavy (non-hydrogen) atoms. The molecule has 1 heterocycles. The Morgan fingerprint density at radius 1 is 1.37 bits per heavy atom. The highest BCUT2D eigenvalue weighted by molar-refractivity contribution is 6.41. The Morgan fingerprint density at radius 2 is 2.11 bits per heavy atom. The number of hydrogen-bond donors (Lipinski definition) is 1. The predicted molar refractivity (Wildman–Crippen MR) is 73.3 cm³/mol. The number of aromatic nitrogens is 1. The van der Waals surface area contributed by atoms with Crippen LogP contribution in [-0.2, 0) is 0 Å². The number of amides is 1. The van der Waals surface area contributed by atoms with Crippen LogP contribution in [0.5, 0.6) is 0 Å². The average Bonchev–Trinajstić information content (AvgIpc) is 2.37. The smallest absolute Gasteiger partial charge is 0.257 e. The second kappa shape index (κ2) is 5.55. The fourth-order valence-corrected chi connectivity index (χ4v) is 1.79. The van der Waals surface area contributed by atoms with Crippen LogP contribution in [-0.4, -0.2) is 10.9 Å². The molecule has 0 aliphatic rings. The van der Waals surface area contributed by atoms with Crippen LogP contribution >= 0.6 is 23.2 Å². The third kappa shape index (κ3) is 3.03. The zero-order chi connectivity index (χ0) is 14.0. The topological polar surface area (TPSA) is 42.0 Å². The van der Waals surface area contributed by atoms with Crippen LogP contribution in [0.2, 0.25) is 10.2 Å². The van der Waals surface area contributed by atoms with Crippen molar-refractivity contribution in [3.8, 4) is 0 Å². The van der Waals surface area contributed by atoms with Crippen LogP contribution in [0.1, 0.15) is 15.9 Å². The molecule has 0 aliphatic heterocycles. The number of nitrogens with zero attached hydrogens (tertiary/aromatic N) is 1. The summed E-state index contributed by atoms with van der Waals surface area (Å²) >= 11 is 11.4. The molecule has 0 unspecified atom stereocenters. The highest BCUT2D eigenvalue weighted by atomic mass is 35.5. The Hall–Kier alpha value is -1.65. The second-order valence-electron chi connectivity index (χ2n) is 3.88. The first kappa shape index (κ1) is 13.8. The van der Waals surface area contributed by atoms with Crippen molar-refractivity contribution in [1.29, 1.82) is 0 Å². The number of nitrogens with one attached hydrogen (secondary N) is 1. The summed E-state index contributed by atoms with van der Waals surface area (Å²) in [6, 6.07) is 5.92. The van der Waals surface area contributed by atoms with Crippen molar-refractivity contribution in [3.63, 3.8) is 0 Å². The fraction of sp³-hybridized carbons (Fsp3) is 0.0769. The lowest BCUT2D eigenvalue weighted by Crippen LogP contribution is -2.14. The molecule has 3 nitrogen and oxygen atoms in total. The van der Waals surface area contributed by atoms with Gasteiger partial charge in [-0.05, 0) is 24.6 Å². The summed E-state index contributed by atoms with van der Waals surface area (Å²) in [5.41, 5.74) is 0.969. The summed E-state index contributed by atoms with van der Waals surface area (Å²) in [6.45, 7) is 1.70. The van der Waals surface area contributed by atoms with Gasteiger partial charge in [-0.2, -0.15) is 0 Å². The Morgan fingerprint density at radius 3 is 2.74 bits per heavy atom. The van der Waals surface area contributed by atoms with Crippen molar-refractivity contribution in [2.24, 2.45) is 0 Å². The maximum atomic E-state index is 13.6. The molecule has 0 fully saturated rings. The van der Waals surface area contributed by atoms with Crippen LogP contribution in [0.25, 0.3) is 0 Å². The first-order valence-electron chi connectivity index (χ1n) is 5.36. The van der Waals surface area contributed by atoms with E-state index in [0.29, 0.717) is 5.56 Å². The van der Waals surface area contributed by atoms with Crippen LogP contribution in [0, 0.1) is 12.7 Å². The van der Waals surface area contributed by atoms with Gasteiger partial charge in [0.2, 0.25) is 0 Å². The van der Waals surface area contributed by atoms with Crippen LogP contribution in [0.3, 0.4) is 0 Å². The van der Waals surface area contributed by atoms with Gasteiger partial charge in [0.05, 0.1) is 16.3 Å². The number of halogens is 3. The van der Waals surface area contributed by atoms with E-state index in [1.165, 1.54) is 18.3 Å². The normalized spacial score (nSPS) is 10.3. The molecule has 0 aliphatic carbocycles. The standard InChI is InChI=1S/C13H9Cl2FN2O/c1-7-3-2-4-10(16)11(7)18-13(19)8-5-9(14)12(15)17-6-8/h2-6H,1H3,(H,18,19). The van der Waals surface area contributed by atoms with Crippen molar-refractivity contribution in [1.82, 2.24) is 4.98 Å². The van der Waals surface area contributed by atoms with Gasteiger partial charge in [-0.1, -0.05) is 35.3 Å². The number of benzene rings is 1. The summed E-state index contributed by atoms with van der Waals surface area (Å²) in [5.74, 6) is -0.999. The van der Waals surface area contributed by atoms with Crippen molar-refractivity contribution < 1.29 is 9.18 Å². The van der Waals surface area contributed by atoms with Crippen molar-refractivity contribution >= 4 is 34.8 Å².